The lowest BCUT2D eigenvalue weighted by Crippen LogP contribution is -2.44. The first-order valence-electron chi connectivity index (χ1n) is 9.67. The third kappa shape index (κ3) is 8.24. The quantitative estimate of drug-likeness (QED) is 0.588. The van der Waals surface area contributed by atoms with Crippen LogP contribution in [-0.4, -0.2) is 34.4 Å². The standard InChI is InChI=1S/C19H30ClN3O4S2/c1-12(2)8-15(22-18(25)27-19(3,4)5)17(24)23-29(26,21-10-13-6-7-13)16-9-14(20)11-28-16/h9,11-13,15H,6-8,10H2,1-5H3,(H,22,25)(H,21,23,24,26)/t15-,29?/m0/s1. The minimum Gasteiger partial charge on any atom is -0.444 e. The second-order valence-electron chi connectivity index (χ2n) is 8.66. The van der Waals surface area contributed by atoms with Crippen molar-refractivity contribution in [1.29, 1.82) is 0 Å². The van der Waals surface area contributed by atoms with Crippen LogP contribution in [0.15, 0.2) is 20.0 Å². The van der Waals surface area contributed by atoms with Gasteiger partial charge in [-0.15, -0.1) is 15.7 Å². The second-order valence-corrected chi connectivity index (χ2v) is 12.2. The van der Waals surface area contributed by atoms with Gasteiger partial charge in [-0.1, -0.05) is 25.4 Å². The van der Waals surface area contributed by atoms with Crippen molar-refractivity contribution in [3.05, 3.63) is 16.5 Å². The highest BCUT2D eigenvalue weighted by Crippen LogP contribution is 2.30. The molecule has 2 N–H and O–H groups in total. The molecule has 0 radical (unpaired) electrons. The van der Waals surface area contributed by atoms with Crippen LogP contribution in [0.1, 0.15) is 53.9 Å². The lowest BCUT2D eigenvalue weighted by Gasteiger charge is -2.23. The van der Waals surface area contributed by atoms with Gasteiger partial charge in [0.15, 0.2) is 9.92 Å². The van der Waals surface area contributed by atoms with E-state index in [1.165, 1.54) is 11.3 Å². The van der Waals surface area contributed by atoms with E-state index in [2.05, 4.69) is 14.4 Å². The SMILES string of the molecule is CC(C)C[C@H](NC(=O)OC(C)(C)C)C(=O)N=S(=O)(NCC1CC1)c1cc(Cl)cs1. The zero-order chi connectivity index (χ0) is 21.8. The minimum absolute atomic E-state index is 0.112. The summed E-state index contributed by atoms with van der Waals surface area (Å²) >= 11 is 7.19. The van der Waals surface area contributed by atoms with Crippen LogP contribution in [0.4, 0.5) is 4.79 Å². The van der Waals surface area contributed by atoms with Crippen molar-refractivity contribution in [1.82, 2.24) is 10.0 Å². The van der Waals surface area contributed by atoms with Crippen LogP contribution in [-0.2, 0) is 19.4 Å². The zero-order valence-electron chi connectivity index (χ0n) is 17.5. The number of hydrogen-bond acceptors (Lipinski definition) is 5. The summed E-state index contributed by atoms with van der Waals surface area (Å²) in [5.41, 5.74) is -0.695. The van der Waals surface area contributed by atoms with Gasteiger partial charge >= 0.3 is 6.09 Å². The normalized spacial score (nSPS) is 17.5. The van der Waals surface area contributed by atoms with Crippen molar-refractivity contribution in [3.63, 3.8) is 0 Å². The average molecular weight is 464 g/mol. The molecule has 1 fully saturated rings. The van der Waals surface area contributed by atoms with Gasteiger partial charge in [0, 0.05) is 11.9 Å². The maximum Gasteiger partial charge on any atom is 0.408 e. The second kappa shape index (κ2) is 9.76. The fraction of sp³-hybridized carbons (Fsp3) is 0.684. The number of hydrogen-bond donors (Lipinski definition) is 2. The summed E-state index contributed by atoms with van der Waals surface area (Å²) in [6.45, 7) is 9.60. The highest BCUT2D eigenvalue weighted by molar-refractivity contribution is 7.94. The van der Waals surface area contributed by atoms with Crippen molar-refractivity contribution in [2.45, 2.75) is 69.7 Å². The molecule has 0 bridgehead atoms. The van der Waals surface area contributed by atoms with E-state index in [-0.39, 0.29) is 5.92 Å². The Hall–Kier alpha value is -1.16. The largest absolute Gasteiger partial charge is 0.444 e. The molecule has 164 valence electrons. The summed E-state index contributed by atoms with van der Waals surface area (Å²) in [5.74, 6) is -0.0916. The van der Waals surface area contributed by atoms with Crippen LogP contribution < -0.4 is 10.0 Å². The highest BCUT2D eigenvalue weighted by Gasteiger charge is 2.29. The van der Waals surface area contributed by atoms with Gasteiger partial charge in [-0.2, -0.15) is 0 Å². The summed E-state index contributed by atoms with van der Waals surface area (Å²) in [7, 11) is -3.19. The van der Waals surface area contributed by atoms with E-state index in [0.717, 1.165) is 12.8 Å². The van der Waals surface area contributed by atoms with Crippen molar-refractivity contribution in [3.8, 4) is 0 Å². The Bertz CT molecular complexity index is 850. The molecule has 1 saturated carbocycles. The van der Waals surface area contributed by atoms with E-state index in [9.17, 15) is 13.8 Å². The Labute approximate surface area is 182 Å². The molecule has 0 aliphatic heterocycles. The molecular weight excluding hydrogens is 434 g/mol. The average Bonchev–Trinajstić information content (AvgIpc) is 3.29. The summed E-state index contributed by atoms with van der Waals surface area (Å²) in [5, 5.41) is 4.68. The van der Waals surface area contributed by atoms with Gasteiger partial charge in [-0.25, -0.2) is 13.7 Å². The molecule has 0 aromatic carbocycles. The maximum absolute atomic E-state index is 13.6. The van der Waals surface area contributed by atoms with Gasteiger partial charge in [-0.05, 0) is 57.9 Å². The third-order valence-corrected chi connectivity index (χ3v) is 7.69. The number of nitrogens with zero attached hydrogens (tertiary/aromatic N) is 1. The Morgan fingerprint density at radius 2 is 2.03 bits per heavy atom. The number of nitrogens with one attached hydrogen (secondary N) is 2. The molecule has 1 unspecified atom stereocenters. The van der Waals surface area contributed by atoms with Gasteiger partial charge in [0.2, 0.25) is 0 Å². The number of amides is 2. The van der Waals surface area contributed by atoms with Crippen LogP contribution in [0.25, 0.3) is 0 Å². The molecular formula is C19H30ClN3O4S2. The minimum atomic E-state index is -3.19. The van der Waals surface area contributed by atoms with Gasteiger partial charge < -0.3 is 10.1 Å². The zero-order valence-corrected chi connectivity index (χ0v) is 19.9. The lowest BCUT2D eigenvalue weighted by atomic mass is 10.0. The first-order valence-corrected chi connectivity index (χ1v) is 12.4. The fourth-order valence-corrected chi connectivity index (χ4v) is 5.72. The first-order chi connectivity index (χ1) is 13.4. The van der Waals surface area contributed by atoms with Crippen LogP contribution in [0, 0.1) is 11.8 Å². The van der Waals surface area contributed by atoms with Gasteiger partial charge in [-0.3, -0.25) is 4.79 Å². The van der Waals surface area contributed by atoms with Gasteiger partial charge in [0.1, 0.15) is 15.9 Å². The van der Waals surface area contributed by atoms with Crippen molar-refractivity contribution in [2.75, 3.05) is 6.54 Å². The van der Waals surface area contributed by atoms with E-state index < -0.39 is 33.6 Å². The van der Waals surface area contributed by atoms with Crippen molar-refractivity contribution in [2.24, 2.45) is 16.2 Å². The van der Waals surface area contributed by atoms with Gasteiger partial charge in [0.05, 0.1) is 5.02 Å². The Balaban J connectivity index is 2.27. The van der Waals surface area contributed by atoms with Gasteiger partial charge in [0.25, 0.3) is 5.91 Å². The predicted molar refractivity (Wildman–Crippen MR) is 117 cm³/mol. The van der Waals surface area contributed by atoms with E-state index in [1.54, 1.807) is 32.2 Å². The smallest absolute Gasteiger partial charge is 0.408 e. The van der Waals surface area contributed by atoms with E-state index in [0.29, 0.717) is 28.1 Å². The van der Waals surface area contributed by atoms with Crippen LogP contribution in [0.2, 0.25) is 5.02 Å². The summed E-state index contributed by atoms with van der Waals surface area (Å²) in [4.78, 5) is 25.1. The molecule has 2 amide bonds. The predicted octanol–water partition coefficient (Wildman–Crippen LogP) is 4.61. The monoisotopic (exact) mass is 463 g/mol. The Kier molecular flexibility index (Phi) is 8.12. The number of alkyl carbamates (subject to hydrolysis) is 1. The lowest BCUT2D eigenvalue weighted by molar-refractivity contribution is -0.120. The molecule has 1 aromatic heterocycles. The number of halogens is 1. The van der Waals surface area contributed by atoms with Crippen molar-refractivity contribution < 1.29 is 18.5 Å². The molecule has 29 heavy (non-hydrogen) atoms. The van der Waals surface area contributed by atoms with Crippen LogP contribution in [0.3, 0.4) is 0 Å². The molecule has 1 aliphatic carbocycles. The Morgan fingerprint density at radius 1 is 1.38 bits per heavy atom. The Morgan fingerprint density at radius 3 is 2.52 bits per heavy atom. The number of carbonyl (C=O) groups excluding carboxylic acids is 2. The van der Waals surface area contributed by atoms with E-state index >= 15 is 0 Å². The number of rotatable bonds is 8. The molecule has 10 heteroatoms. The molecule has 2 rings (SSSR count). The summed E-state index contributed by atoms with van der Waals surface area (Å²) in [6.07, 6.45) is 1.78. The van der Waals surface area contributed by atoms with E-state index in [1.807, 2.05) is 13.8 Å². The molecule has 1 heterocycles. The summed E-state index contributed by atoms with van der Waals surface area (Å²) in [6, 6.07) is 0.633. The fourth-order valence-electron chi connectivity index (χ4n) is 2.47. The number of thiophene rings is 1. The van der Waals surface area contributed by atoms with Crippen LogP contribution in [0.5, 0.6) is 0 Å². The van der Waals surface area contributed by atoms with Crippen LogP contribution >= 0.6 is 22.9 Å². The van der Waals surface area contributed by atoms with E-state index in [4.69, 9.17) is 16.3 Å². The molecule has 1 aromatic rings. The molecule has 0 spiro atoms. The number of ether oxygens (including phenoxy) is 1. The molecule has 2 atom stereocenters. The van der Waals surface area contributed by atoms with Crippen molar-refractivity contribution >= 4 is 44.9 Å². The third-order valence-electron chi connectivity index (χ3n) is 4.00. The summed E-state index contributed by atoms with van der Waals surface area (Å²) < 4.78 is 26.2. The molecule has 0 saturated heterocycles. The highest BCUT2D eigenvalue weighted by atomic mass is 35.5. The first kappa shape index (κ1) is 24.1. The topological polar surface area (TPSA) is 96.9 Å². The molecule has 7 nitrogen and oxygen atoms in total. The number of carbonyl (C=O) groups is 2. The molecule has 1 aliphatic rings. The maximum atomic E-state index is 13.6.